The Labute approximate surface area is 194 Å². The minimum Gasteiger partial charge on any atom is -0.378 e. The van der Waals surface area contributed by atoms with E-state index in [-0.39, 0.29) is 10.9 Å². The lowest BCUT2D eigenvalue weighted by molar-refractivity contribution is 0.0303. The summed E-state index contributed by atoms with van der Waals surface area (Å²) in [5, 5.41) is 3.85. The molecule has 5 rings (SSSR count). The number of hydrogen-bond donors (Lipinski definition) is 1. The zero-order valence-electron chi connectivity index (χ0n) is 17.5. The van der Waals surface area contributed by atoms with Crippen LogP contribution in [0.2, 0.25) is 5.02 Å². The number of halogens is 2. The summed E-state index contributed by atoms with van der Waals surface area (Å²) in [6.07, 6.45) is 3.35. The van der Waals surface area contributed by atoms with E-state index in [1.165, 1.54) is 12.1 Å². The number of rotatable bonds is 4. The van der Waals surface area contributed by atoms with Crippen molar-refractivity contribution in [3.05, 3.63) is 77.3 Å². The number of pyridine rings is 1. The summed E-state index contributed by atoms with van der Waals surface area (Å²) in [6.45, 7) is 2.14. The van der Waals surface area contributed by atoms with Crippen LogP contribution in [0, 0.1) is 5.82 Å². The van der Waals surface area contributed by atoms with E-state index < -0.39 is 5.82 Å². The number of carbonyl (C=O) groups excluding carboxylic acids is 1. The van der Waals surface area contributed by atoms with Gasteiger partial charge in [0, 0.05) is 47.7 Å². The van der Waals surface area contributed by atoms with Gasteiger partial charge in [0.2, 0.25) is 0 Å². The number of anilines is 2. The van der Waals surface area contributed by atoms with Crippen molar-refractivity contribution in [2.75, 3.05) is 31.6 Å². The number of aromatic nitrogens is 3. The highest BCUT2D eigenvalue weighted by molar-refractivity contribution is 6.31. The molecule has 1 aliphatic heterocycles. The molecule has 0 unspecified atom stereocenters. The number of amides is 1. The van der Waals surface area contributed by atoms with Crippen molar-refractivity contribution in [1.82, 2.24) is 19.9 Å². The molecule has 33 heavy (non-hydrogen) atoms. The maximum atomic E-state index is 13.7. The Balaban J connectivity index is 1.60. The van der Waals surface area contributed by atoms with Crippen molar-refractivity contribution in [2.45, 2.75) is 0 Å². The highest BCUT2D eigenvalue weighted by Crippen LogP contribution is 2.30. The molecule has 3 heterocycles. The molecule has 9 heteroatoms. The second-order valence-electron chi connectivity index (χ2n) is 7.53. The third-order valence-corrected chi connectivity index (χ3v) is 5.63. The largest absolute Gasteiger partial charge is 0.378 e. The van der Waals surface area contributed by atoms with Crippen molar-refractivity contribution in [2.24, 2.45) is 0 Å². The van der Waals surface area contributed by atoms with Crippen molar-refractivity contribution >= 4 is 39.9 Å². The first-order chi connectivity index (χ1) is 16.1. The Morgan fingerprint density at radius 1 is 1.09 bits per heavy atom. The van der Waals surface area contributed by atoms with Gasteiger partial charge in [-0.15, -0.1) is 0 Å². The number of nitrogens with zero attached hydrogens (tertiary/aromatic N) is 4. The van der Waals surface area contributed by atoms with Gasteiger partial charge in [-0.1, -0.05) is 11.6 Å². The van der Waals surface area contributed by atoms with Gasteiger partial charge in [-0.25, -0.2) is 14.4 Å². The van der Waals surface area contributed by atoms with E-state index in [9.17, 15) is 9.18 Å². The Hall–Kier alpha value is -3.62. The van der Waals surface area contributed by atoms with Crippen LogP contribution in [-0.2, 0) is 4.74 Å². The van der Waals surface area contributed by atoms with Crippen LogP contribution in [0.5, 0.6) is 0 Å². The minimum absolute atomic E-state index is 0.00553. The monoisotopic (exact) mass is 463 g/mol. The highest BCUT2D eigenvalue weighted by atomic mass is 35.5. The number of carbonyl (C=O) groups is 1. The van der Waals surface area contributed by atoms with Crippen LogP contribution in [-0.4, -0.2) is 52.1 Å². The first-order valence-electron chi connectivity index (χ1n) is 10.4. The Morgan fingerprint density at radius 3 is 2.70 bits per heavy atom. The average Bonchev–Trinajstić information content (AvgIpc) is 2.86. The minimum atomic E-state index is -0.510. The van der Waals surface area contributed by atoms with E-state index in [1.54, 1.807) is 47.6 Å². The fourth-order valence-electron chi connectivity index (χ4n) is 3.64. The van der Waals surface area contributed by atoms with Crippen molar-refractivity contribution in [3.63, 3.8) is 0 Å². The average molecular weight is 464 g/mol. The molecule has 1 saturated heterocycles. The summed E-state index contributed by atoms with van der Waals surface area (Å²) in [7, 11) is 0. The van der Waals surface area contributed by atoms with E-state index in [2.05, 4.69) is 20.3 Å². The molecule has 1 amide bonds. The number of ether oxygens (including phenoxy) is 1. The molecule has 2 aromatic carbocycles. The summed E-state index contributed by atoms with van der Waals surface area (Å²) in [5.74, 6) is 0.355. The number of benzene rings is 2. The van der Waals surface area contributed by atoms with E-state index in [4.69, 9.17) is 16.3 Å². The maximum absolute atomic E-state index is 13.7. The van der Waals surface area contributed by atoms with Crippen LogP contribution < -0.4 is 5.32 Å². The third kappa shape index (κ3) is 4.48. The van der Waals surface area contributed by atoms with Gasteiger partial charge in [-0.05, 0) is 48.5 Å². The third-order valence-electron chi connectivity index (χ3n) is 5.34. The topological polar surface area (TPSA) is 80.2 Å². The second kappa shape index (κ2) is 9.09. The molecular formula is C24H19ClFN5O2. The molecule has 0 bridgehead atoms. The summed E-state index contributed by atoms with van der Waals surface area (Å²) in [4.78, 5) is 28.3. The SMILES string of the molecule is O=C(c1ccc2nc(-c3cccnc3)nc(Nc3ccc(F)c(Cl)c3)c2c1)N1CCOCC1. The van der Waals surface area contributed by atoms with E-state index >= 15 is 0 Å². The number of hydrogen-bond acceptors (Lipinski definition) is 6. The van der Waals surface area contributed by atoms with Crippen LogP contribution in [0.3, 0.4) is 0 Å². The molecule has 0 radical (unpaired) electrons. The lowest BCUT2D eigenvalue weighted by Gasteiger charge is -2.27. The van der Waals surface area contributed by atoms with Gasteiger partial charge in [-0.3, -0.25) is 9.78 Å². The van der Waals surface area contributed by atoms with Gasteiger partial charge < -0.3 is 15.0 Å². The number of nitrogens with one attached hydrogen (secondary N) is 1. The summed E-state index contributed by atoms with van der Waals surface area (Å²) in [5.41, 5.74) is 2.48. The molecular weight excluding hydrogens is 445 g/mol. The second-order valence-corrected chi connectivity index (χ2v) is 7.94. The first-order valence-corrected chi connectivity index (χ1v) is 10.8. The van der Waals surface area contributed by atoms with E-state index in [0.29, 0.717) is 60.1 Å². The zero-order chi connectivity index (χ0) is 22.8. The van der Waals surface area contributed by atoms with Crippen molar-refractivity contribution in [1.29, 1.82) is 0 Å². The van der Waals surface area contributed by atoms with Gasteiger partial charge in [0.25, 0.3) is 5.91 Å². The molecule has 1 N–H and O–H groups in total. The van der Waals surface area contributed by atoms with Crippen LogP contribution in [0.4, 0.5) is 15.9 Å². The Bertz CT molecular complexity index is 1330. The molecule has 0 aliphatic carbocycles. The van der Waals surface area contributed by atoms with Gasteiger partial charge in [-0.2, -0.15) is 0 Å². The van der Waals surface area contributed by atoms with Gasteiger partial charge in [0.1, 0.15) is 11.6 Å². The highest BCUT2D eigenvalue weighted by Gasteiger charge is 2.20. The molecule has 4 aromatic rings. The van der Waals surface area contributed by atoms with Crippen LogP contribution in [0.15, 0.2) is 60.9 Å². The Morgan fingerprint density at radius 2 is 1.94 bits per heavy atom. The fraction of sp³-hybridized carbons (Fsp3) is 0.167. The summed E-state index contributed by atoms with van der Waals surface area (Å²) < 4.78 is 19.0. The van der Waals surface area contributed by atoms with E-state index in [1.807, 2.05) is 6.07 Å². The van der Waals surface area contributed by atoms with Crippen LogP contribution in [0.1, 0.15) is 10.4 Å². The Kier molecular flexibility index (Phi) is 5.85. The molecule has 2 aromatic heterocycles. The smallest absolute Gasteiger partial charge is 0.254 e. The predicted molar refractivity (Wildman–Crippen MR) is 124 cm³/mol. The first kappa shape index (κ1) is 21.2. The van der Waals surface area contributed by atoms with Crippen molar-refractivity contribution in [3.8, 4) is 11.4 Å². The number of morpholine rings is 1. The van der Waals surface area contributed by atoms with E-state index in [0.717, 1.165) is 5.56 Å². The normalized spacial score (nSPS) is 13.8. The maximum Gasteiger partial charge on any atom is 0.254 e. The predicted octanol–water partition coefficient (Wildman–Crippen LogP) is 4.70. The molecule has 166 valence electrons. The molecule has 1 aliphatic rings. The quantitative estimate of drug-likeness (QED) is 0.472. The van der Waals surface area contributed by atoms with Crippen LogP contribution >= 0.6 is 11.6 Å². The lowest BCUT2D eigenvalue weighted by Crippen LogP contribution is -2.40. The zero-order valence-corrected chi connectivity index (χ0v) is 18.2. The molecule has 0 saturated carbocycles. The summed E-state index contributed by atoms with van der Waals surface area (Å²) in [6, 6.07) is 13.3. The van der Waals surface area contributed by atoms with Gasteiger partial charge >= 0.3 is 0 Å². The van der Waals surface area contributed by atoms with Gasteiger partial charge in [0.05, 0.1) is 23.8 Å². The van der Waals surface area contributed by atoms with Crippen LogP contribution in [0.25, 0.3) is 22.3 Å². The molecule has 7 nitrogen and oxygen atoms in total. The number of fused-ring (bicyclic) bond motifs is 1. The molecule has 1 fully saturated rings. The fourth-order valence-corrected chi connectivity index (χ4v) is 3.82. The lowest BCUT2D eigenvalue weighted by atomic mass is 10.1. The molecule has 0 spiro atoms. The van der Waals surface area contributed by atoms with Crippen molar-refractivity contribution < 1.29 is 13.9 Å². The molecule has 0 atom stereocenters. The summed E-state index contributed by atoms with van der Waals surface area (Å²) >= 11 is 5.96. The standard InChI is InChI=1S/C24H19ClFN5O2/c25-19-13-17(4-5-20(19)26)28-23-18-12-15(24(32)31-8-10-33-11-9-31)3-6-21(18)29-22(30-23)16-2-1-7-27-14-16/h1-7,12-14H,8-11H2,(H,28,29,30). The van der Waals surface area contributed by atoms with Gasteiger partial charge in [0.15, 0.2) is 5.82 Å².